The lowest BCUT2D eigenvalue weighted by Crippen LogP contribution is -2.24. The predicted octanol–water partition coefficient (Wildman–Crippen LogP) is 0.536. The minimum atomic E-state index is -0.794. The first-order chi connectivity index (χ1) is 4.70. The van der Waals surface area contributed by atoms with Gasteiger partial charge in [-0.05, 0) is 6.42 Å². The van der Waals surface area contributed by atoms with Gasteiger partial charge in [-0.1, -0.05) is 0 Å². The Morgan fingerprint density at radius 1 is 1.70 bits per heavy atom. The highest BCUT2D eigenvalue weighted by Crippen LogP contribution is 2.22. The Kier molecular flexibility index (Phi) is 2.32. The number of Topliss-reactive ketones (excluding diaryl/α,β-unsaturated/α-hetero) is 1. The molecule has 1 heterocycles. The van der Waals surface area contributed by atoms with Crippen molar-refractivity contribution in [2.45, 2.75) is 18.1 Å². The molecule has 1 saturated heterocycles. The molecule has 1 fully saturated rings. The van der Waals surface area contributed by atoms with Crippen LogP contribution in [0.25, 0.3) is 0 Å². The number of hydrogen-bond donors (Lipinski definition) is 1. The van der Waals surface area contributed by atoms with Crippen molar-refractivity contribution in [3.8, 4) is 0 Å². The molecule has 0 aliphatic carbocycles. The van der Waals surface area contributed by atoms with Crippen LogP contribution in [0.3, 0.4) is 0 Å². The summed E-state index contributed by atoms with van der Waals surface area (Å²) in [7, 11) is 0. The van der Waals surface area contributed by atoms with Gasteiger partial charge >= 0.3 is 5.97 Å². The van der Waals surface area contributed by atoms with Crippen LogP contribution in [-0.4, -0.2) is 27.9 Å². The summed E-state index contributed by atoms with van der Waals surface area (Å²) < 4.78 is 0. The van der Waals surface area contributed by atoms with Crippen molar-refractivity contribution >= 4 is 23.5 Å². The van der Waals surface area contributed by atoms with E-state index in [1.807, 2.05) is 0 Å². The number of thioether (sulfide) groups is 1. The maximum absolute atomic E-state index is 10.6. The molecular weight excluding hydrogens is 152 g/mol. The molecule has 0 unspecified atom stereocenters. The van der Waals surface area contributed by atoms with Crippen LogP contribution in [0.5, 0.6) is 0 Å². The Morgan fingerprint density at radius 3 is 2.80 bits per heavy atom. The summed E-state index contributed by atoms with van der Waals surface area (Å²) in [5, 5.41) is 8.14. The molecule has 1 rings (SSSR count). The second-order valence-corrected chi connectivity index (χ2v) is 3.41. The van der Waals surface area contributed by atoms with Gasteiger partial charge < -0.3 is 5.11 Å². The van der Waals surface area contributed by atoms with Crippen molar-refractivity contribution < 1.29 is 14.7 Å². The second kappa shape index (κ2) is 3.05. The third-order valence-corrected chi connectivity index (χ3v) is 2.73. The van der Waals surface area contributed by atoms with Gasteiger partial charge in [-0.3, -0.25) is 9.59 Å². The summed E-state index contributed by atoms with van der Waals surface area (Å²) >= 11 is 1.23. The third kappa shape index (κ3) is 1.73. The fourth-order valence-electron chi connectivity index (χ4n) is 0.836. The monoisotopic (exact) mass is 160 g/mol. The molecule has 0 amide bonds. The van der Waals surface area contributed by atoms with Crippen LogP contribution < -0.4 is 0 Å². The van der Waals surface area contributed by atoms with Gasteiger partial charge in [0.05, 0.1) is 5.75 Å². The SMILES string of the molecule is O=C1CC[C@@H](C(=O)O)SC1. The molecule has 0 spiro atoms. The van der Waals surface area contributed by atoms with E-state index in [-0.39, 0.29) is 11.0 Å². The maximum atomic E-state index is 10.6. The van der Waals surface area contributed by atoms with Crippen molar-refractivity contribution in [2.75, 3.05) is 5.75 Å². The van der Waals surface area contributed by atoms with E-state index in [0.29, 0.717) is 18.6 Å². The maximum Gasteiger partial charge on any atom is 0.316 e. The van der Waals surface area contributed by atoms with Crippen LogP contribution in [0.15, 0.2) is 0 Å². The zero-order valence-electron chi connectivity index (χ0n) is 5.37. The zero-order valence-corrected chi connectivity index (χ0v) is 6.19. The summed E-state index contributed by atoms with van der Waals surface area (Å²) in [6.07, 6.45) is 0.933. The highest BCUT2D eigenvalue weighted by atomic mass is 32.2. The zero-order chi connectivity index (χ0) is 7.56. The summed E-state index contributed by atoms with van der Waals surface area (Å²) in [5.41, 5.74) is 0. The van der Waals surface area contributed by atoms with E-state index in [9.17, 15) is 9.59 Å². The van der Waals surface area contributed by atoms with Gasteiger partial charge in [0.1, 0.15) is 11.0 Å². The standard InChI is InChI=1S/C6H8O3S/c7-4-1-2-5(6(8)9)10-3-4/h5H,1-3H2,(H,8,9)/t5-/m0/s1. The summed E-state index contributed by atoms with van der Waals surface area (Å²) in [6, 6.07) is 0. The smallest absolute Gasteiger partial charge is 0.316 e. The van der Waals surface area contributed by atoms with E-state index in [2.05, 4.69) is 0 Å². The van der Waals surface area contributed by atoms with Crippen LogP contribution >= 0.6 is 11.8 Å². The number of carbonyl (C=O) groups is 2. The molecule has 4 heteroatoms. The minimum Gasteiger partial charge on any atom is -0.480 e. The van der Waals surface area contributed by atoms with Crippen LogP contribution in [-0.2, 0) is 9.59 Å². The first-order valence-electron chi connectivity index (χ1n) is 3.06. The van der Waals surface area contributed by atoms with E-state index in [0.717, 1.165) is 0 Å². The average Bonchev–Trinajstić information content (AvgIpc) is 1.88. The molecule has 0 radical (unpaired) electrons. The van der Waals surface area contributed by atoms with Gasteiger partial charge in [-0.15, -0.1) is 11.8 Å². The van der Waals surface area contributed by atoms with E-state index in [1.54, 1.807) is 0 Å². The van der Waals surface area contributed by atoms with E-state index in [1.165, 1.54) is 11.8 Å². The summed E-state index contributed by atoms with van der Waals surface area (Å²) in [6.45, 7) is 0. The number of carboxylic acid groups (broad SMARTS) is 1. The molecule has 1 atom stereocenters. The molecule has 10 heavy (non-hydrogen) atoms. The number of aliphatic carboxylic acids is 1. The topological polar surface area (TPSA) is 54.4 Å². The Balaban J connectivity index is 2.40. The molecule has 0 bridgehead atoms. The first-order valence-corrected chi connectivity index (χ1v) is 4.11. The third-order valence-electron chi connectivity index (χ3n) is 1.41. The first kappa shape index (κ1) is 7.60. The lowest BCUT2D eigenvalue weighted by Gasteiger charge is -2.15. The largest absolute Gasteiger partial charge is 0.480 e. The lowest BCUT2D eigenvalue weighted by molar-refractivity contribution is -0.136. The molecular formula is C6H8O3S. The van der Waals surface area contributed by atoms with Crippen LogP contribution in [0, 0.1) is 0 Å². The van der Waals surface area contributed by atoms with Gasteiger partial charge in [-0.25, -0.2) is 0 Å². The van der Waals surface area contributed by atoms with Gasteiger partial charge in [0.25, 0.3) is 0 Å². The summed E-state index contributed by atoms with van der Waals surface area (Å²) in [4.78, 5) is 20.9. The normalized spacial score (nSPS) is 26.4. The number of ketones is 1. The molecule has 0 aromatic rings. The number of carbonyl (C=O) groups excluding carboxylic acids is 1. The quantitative estimate of drug-likeness (QED) is 0.608. The van der Waals surface area contributed by atoms with Gasteiger partial charge in [0.15, 0.2) is 0 Å². The van der Waals surface area contributed by atoms with Crippen molar-refractivity contribution in [3.63, 3.8) is 0 Å². The van der Waals surface area contributed by atoms with Gasteiger partial charge in [0, 0.05) is 6.42 Å². The van der Waals surface area contributed by atoms with Crippen molar-refractivity contribution in [1.82, 2.24) is 0 Å². The number of carboxylic acids is 1. The fraction of sp³-hybridized carbons (Fsp3) is 0.667. The van der Waals surface area contributed by atoms with Gasteiger partial charge in [0.2, 0.25) is 0 Å². The average molecular weight is 160 g/mol. The molecule has 1 aliphatic heterocycles. The van der Waals surface area contributed by atoms with Crippen LogP contribution in [0.2, 0.25) is 0 Å². The summed E-state index contributed by atoms with van der Waals surface area (Å²) in [5.74, 6) is -0.253. The molecule has 0 aromatic heterocycles. The van der Waals surface area contributed by atoms with Gasteiger partial charge in [-0.2, -0.15) is 0 Å². The molecule has 3 nitrogen and oxygen atoms in total. The molecule has 0 saturated carbocycles. The lowest BCUT2D eigenvalue weighted by atomic mass is 10.2. The minimum absolute atomic E-state index is 0.169. The van der Waals surface area contributed by atoms with Crippen LogP contribution in [0.1, 0.15) is 12.8 Å². The Bertz CT molecular complexity index is 156. The van der Waals surface area contributed by atoms with Crippen molar-refractivity contribution in [1.29, 1.82) is 0 Å². The molecule has 56 valence electrons. The predicted molar refractivity (Wildman–Crippen MR) is 38.1 cm³/mol. The molecule has 1 aliphatic rings. The number of hydrogen-bond acceptors (Lipinski definition) is 3. The fourth-order valence-corrected chi connectivity index (χ4v) is 1.79. The van der Waals surface area contributed by atoms with E-state index in [4.69, 9.17) is 5.11 Å². The Hall–Kier alpha value is -0.510. The Labute approximate surface area is 62.8 Å². The molecule has 0 aromatic carbocycles. The van der Waals surface area contributed by atoms with Crippen LogP contribution in [0.4, 0.5) is 0 Å². The van der Waals surface area contributed by atoms with E-state index < -0.39 is 5.97 Å². The highest BCUT2D eigenvalue weighted by Gasteiger charge is 2.24. The molecule has 1 N–H and O–H groups in total. The Morgan fingerprint density at radius 2 is 2.40 bits per heavy atom. The van der Waals surface area contributed by atoms with E-state index >= 15 is 0 Å². The van der Waals surface area contributed by atoms with Crippen molar-refractivity contribution in [2.24, 2.45) is 0 Å². The highest BCUT2D eigenvalue weighted by molar-refractivity contribution is 8.01. The van der Waals surface area contributed by atoms with Crippen molar-refractivity contribution in [3.05, 3.63) is 0 Å². The number of rotatable bonds is 1. The second-order valence-electron chi connectivity index (χ2n) is 2.22.